The fourth-order valence-electron chi connectivity index (χ4n) is 2.15. The van der Waals surface area contributed by atoms with Gasteiger partial charge in [0.15, 0.2) is 0 Å². The van der Waals surface area contributed by atoms with Crippen molar-refractivity contribution in [2.45, 2.75) is 12.6 Å². The number of aromatic nitrogens is 2. The van der Waals surface area contributed by atoms with Crippen molar-refractivity contribution in [3.05, 3.63) is 46.2 Å². The molecule has 1 unspecified atom stereocenters. The molecule has 0 bridgehead atoms. The Kier molecular flexibility index (Phi) is 5.05. The number of nitrogens with one attached hydrogen (secondary N) is 1. The lowest BCUT2D eigenvalue weighted by Gasteiger charge is -2.15. The van der Waals surface area contributed by atoms with Gasteiger partial charge in [-0.3, -0.25) is 5.32 Å². The van der Waals surface area contributed by atoms with Gasteiger partial charge in [0.05, 0.1) is 17.9 Å². The molecule has 21 heavy (non-hydrogen) atoms. The largest absolute Gasteiger partial charge is 0.348 e. The number of hydrogen-bond acceptors (Lipinski definition) is 3. The second-order valence-electron chi connectivity index (χ2n) is 5.04. The Labute approximate surface area is 134 Å². The first kappa shape index (κ1) is 15.6. The molecule has 0 amide bonds. The number of hydrogen-bond donors (Lipinski definition) is 1. The molecule has 2 aromatic rings. The van der Waals surface area contributed by atoms with Gasteiger partial charge in [-0.1, -0.05) is 34.0 Å². The van der Waals surface area contributed by atoms with Crippen molar-refractivity contribution in [3.8, 4) is 12.3 Å². The molecule has 1 N–H and O–H groups in total. The van der Waals surface area contributed by atoms with Crippen LogP contribution >= 0.6 is 15.9 Å². The molecule has 0 saturated heterocycles. The maximum absolute atomic E-state index is 5.64. The normalized spacial score (nSPS) is 12.0. The second kappa shape index (κ2) is 6.79. The zero-order valence-electron chi connectivity index (χ0n) is 12.5. The molecule has 0 radical (unpaired) electrons. The minimum Gasteiger partial charge on any atom is -0.348 e. The van der Waals surface area contributed by atoms with Crippen molar-refractivity contribution in [2.24, 2.45) is 7.05 Å². The summed E-state index contributed by atoms with van der Waals surface area (Å²) in [7, 11) is 5.96. The molecule has 1 aromatic heterocycles. The fourth-order valence-corrected chi connectivity index (χ4v) is 2.41. The van der Waals surface area contributed by atoms with Gasteiger partial charge in [-0.25, -0.2) is 4.98 Å². The molecular weight excluding hydrogens is 328 g/mol. The molecule has 0 aliphatic carbocycles. The number of nitrogens with zero attached hydrogens (tertiary/aromatic N) is 3. The summed E-state index contributed by atoms with van der Waals surface area (Å²) in [5, 5.41) is 3.38. The van der Waals surface area contributed by atoms with Gasteiger partial charge in [-0.05, 0) is 17.7 Å². The number of anilines is 1. The summed E-state index contributed by atoms with van der Waals surface area (Å²) in [6, 6.07) is 7.92. The summed E-state index contributed by atoms with van der Waals surface area (Å²) in [4.78, 5) is 6.38. The van der Waals surface area contributed by atoms with E-state index in [9.17, 15) is 0 Å². The van der Waals surface area contributed by atoms with E-state index < -0.39 is 0 Å². The van der Waals surface area contributed by atoms with Crippen molar-refractivity contribution in [1.29, 1.82) is 0 Å². The molecule has 0 aliphatic rings. The minimum atomic E-state index is -0.115. The molecule has 1 atom stereocenters. The van der Waals surface area contributed by atoms with Gasteiger partial charge in [0.25, 0.3) is 0 Å². The second-order valence-corrected chi connectivity index (χ2v) is 5.95. The standard InChI is InChI=1S/C16H19BrN4/c1-5-15(12-6-8-13(17)9-7-12)18-10-14-11-19-16(20(2)3)21(14)4/h1,6-9,11,15,18H,10H2,2-4H3. The van der Waals surface area contributed by atoms with Crippen LogP contribution in [0.4, 0.5) is 5.95 Å². The summed E-state index contributed by atoms with van der Waals surface area (Å²) in [6.07, 6.45) is 7.52. The topological polar surface area (TPSA) is 33.1 Å². The predicted molar refractivity (Wildman–Crippen MR) is 90.1 cm³/mol. The molecule has 0 spiro atoms. The van der Waals surface area contributed by atoms with Crippen molar-refractivity contribution >= 4 is 21.9 Å². The van der Waals surface area contributed by atoms with Crippen molar-refractivity contribution in [1.82, 2.24) is 14.9 Å². The lowest BCUT2D eigenvalue weighted by Crippen LogP contribution is -2.21. The fraction of sp³-hybridized carbons (Fsp3) is 0.312. The van der Waals surface area contributed by atoms with Crippen LogP contribution in [-0.2, 0) is 13.6 Å². The Hall–Kier alpha value is -1.77. The van der Waals surface area contributed by atoms with Crippen LogP contribution in [0.1, 0.15) is 17.3 Å². The summed E-state index contributed by atoms with van der Waals surface area (Å²) in [5.74, 6) is 3.71. The van der Waals surface area contributed by atoms with E-state index in [2.05, 4.69) is 36.7 Å². The highest BCUT2D eigenvalue weighted by Gasteiger charge is 2.11. The number of terminal acetylenes is 1. The Bertz CT molecular complexity index is 637. The first-order valence-electron chi connectivity index (χ1n) is 6.66. The van der Waals surface area contributed by atoms with Crippen LogP contribution in [0.3, 0.4) is 0 Å². The molecule has 0 fully saturated rings. The zero-order chi connectivity index (χ0) is 15.4. The third-order valence-electron chi connectivity index (χ3n) is 3.32. The highest BCUT2D eigenvalue weighted by atomic mass is 79.9. The van der Waals surface area contributed by atoms with E-state index in [-0.39, 0.29) is 6.04 Å². The maximum Gasteiger partial charge on any atom is 0.204 e. The van der Waals surface area contributed by atoms with Crippen LogP contribution in [0.2, 0.25) is 0 Å². The molecule has 5 heteroatoms. The minimum absolute atomic E-state index is 0.115. The summed E-state index contributed by atoms with van der Waals surface area (Å²) < 4.78 is 3.10. The molecular formula is C16H19BrN4. The van der Waals surface area contributed by atoms with Crippen LogP contribution in [0.25, 0.3) is 0 Å². The zero-order valence-corrected chi connectivity index (χ0v) is 14.1. The number of rotatable bonds is 5. The molecule has 0 saturated carbocycles. The molecule has 1 heterocycles. The van der Waals surface area contributed by atoms with Gasteiger partial charge in [0.2, 0.25) is 5.95 Å². The smallest absolute Gasteiger partial charge is 0.204 e. The third kappa shape index (κ3) is 3.66. The van der Waals surface area contributed by atoms with Crippen LogP contribution in [0.15, 0.2) is 34.9 Å². The van der Waals surface area contributed by atoms with Crippen LogP contribution in [0, 0.1) is 12.3 Å². The lowest BCUT2D eigenvalue weighted by molar-refractivity contribution is 0.610. The molecule has 110 valence electrons. The Morgan fingerprint density at radius 2 is 2.05 bits per heavy atom. The highest BCUT2D eigenvalue weighted by Crippen LogP contribution is 2.17. The van der Waals surface area contributed by atoms with E-state index in [1.54, 1.807) is 0 Å². The van der Waals surface area contributed by atoms with Crippen LogP contribution in [0.5, 0.6) is 0 Å². The van der Waals surface area contributed by atoms with E-state index in [0.29, 0.717) is 6.54 Å². The van der Waals surface area contributed by atoms with Crippen LogP contribution < -0.4 is 10.2 Å². The summed E-state index contributed by atoms with van der Waals surface area (Å²) >= 11 is 3.43. The van der Waals surface area contributed by atoms with Gasteiger partial charge < -0.3 is 9.47 Å². The van der Waals surface area contributed by atoms with Crippen molar-refractivity contribution in [3.63, 3.8) is 0 Å². The first-order chi connectivity index (χ1) is 10.0. The maximum atomic E-state index is 5.64. The van der Waals surface area contributed by atoms with E-state index in [1.165, 1.54) is 0 Å². The molecule has 4 nitrogen and oxygen atoms in total. The Morgan fingerprint density at radius 1 is 1.38 bits per heavy atom. The average Bonchev–Trinajstić information content (AvgIpc) is 2.83. The number of imidazole rings is 1. The SMILES string of the molecule is C#CC(NCc1cnc(N(C)C)n1C)c1ccc(Br)cc1. The first-order valence-corrected chi connectivity index (χ1v) is 7.45. The monoisotopic (exact) mass is 346 g/mol. The average molecular weight is 347 g/mol. The Balaban J connectivity index is 2.07. The van der Waals surface area contributed by atoms with E-state index >= 15 is 0 Å². The molecule has 0 aliphatic heterocycles. The van der Waals surface area contributed by atoms with E-state index in [4.69, 9.17) is 6.42 Å². The van der Waals surface area contributed by atoms with E-state index in [1.807, 2.05) is 56.5 Å². The van der Waals surface area contributed by atoms with Crippen LogP contribution in [-0.4, -0.2) is 23.6 Å². The van der Waals surface area contributed by atoms with Gasteiger partial charge in [-0.2, -0.15) is 0 Å². The third-order valence-corrected chi connectivity index (χ3v) is 3.85. The Morgan fingerprint density at radius 3 is 2.57 bits per heavy atom. The van der Waals surface area contributed by atoms with Crippen molar-refractivity contribution in [2.75, 3.05) is 19.0 Å². The summed E-state index contributed by atoms with van der Waals surface area (Å²) in [6.45, 7) is 0.669. The van der Waals surface area contributed by atoms with Gasteiger partial charge in [-0.15, -0.1) is 6.42 Å². The summed E-state index contributed by atoms with van der Waals surface area (Å²) in [5.41, 5.74) is 2.17. The predicted octanol–water partition coefficient (Wildman–Crippen LogP) is 2.71. The highest BCUT2D eigenvalue weighted by molar-refractivity contribution is 9.10. The number of halogens is 1. The quantitative estimate of drug-likeness (QED) is 0.845. The molecule has 2 rings (SSSR count). The van der Waals surface area contributed by atoms with Gasteiger partial charge in [0.1, 0.15) is 0 Å². The van der Waals surface area contributed by atoms with Crippen molar-refractivity contribution < 1.29 is 0 Å². The van der Waals surface area contributed by atoms with E-state index in [0.717, 1.165) is 21.7 Å². The lowest BCUT2D eigenvalue weighted by atomic mass is 10.1. The van der Waals surface area contributed by atoms with Gasteiger partial charge in [0, 0.05) is 32.2 Å². The number of benzene rings is 1. The molecule has 1 aromatic carbocycles. The van der Waals surface area contributed by atoms with Gasteiger partial charge >= 0.3 is 0 Å².